The molecule has 6 heteroatoms. The van der Waals surface area contributed by atoms with Gasteiger partial charge in [0, 0.05) is 12.0 Å². The Hall–Kier alpha value is -1.43. The molecular weight excluding hydrogens is 402 g/mol. The van der Waals surface area contributed by atoms with Gasteiger partial charge in [-0.15, -0.1) is 0 Å². The first kappa shape index (κ1) is 26.8. The number of ether oxygens (including phenoxy) is 1. The van der Waals surface area contributed by atoms with E-state index in [0.717, 1.165) is 18.8 Å². The van der Waals surface area contributed by atoms with Crippen molar-refractivity contribution >= 4 is 5.97 Å². The van der Waals surface area contributed by atoms with E-state index in [0.29, 0.717) is 30.7 Å². The predicted molar refractivity (Wildman–Crippen MR) is 128 cm³/mol. The molecule has 0 radical (unpaired) electrons. The fourth-order valence-electron chi connectivity index (χ4n) is 4.90. The normalized spacial score (nSPS) is 18.8. The highest BCUT2D eigenvalue weighted by Gasteiger charge is 2.26. The van der Waals surface area contributed by atoms with Crippen LogP contribution >= 0.6 is 0 Å². The maximum atomic E-state index is 12.5. The van der Waals surface area contributed by atoms with E-state index in [4.69, 9.17) is 9.26 Å². The summed E-state index contributed by atoms with van der Waals surface area (Å²) in [4.78, 5) is 17.1. The number of nitrogens with zero attached hydrogens (tertiary/aromatic N) is 2. The van der Waals surface area contributed by atoms with Gasteiger partial charge in [0.1, 0.15) is 5.60 Å². The second kappa shape index (κ2) is 14.0. The van der Waals surface area contributed by atoms with E-state index in [1.165, 1.54) is 64.2 Å². The van der Waals surface area contributed by atoms with Crippen LogP contribution in [0.2, 0.25) is 0 Å². The molecule has 2 saturated carbocycles. The molecule has 32 heavy (non-hydrogen) atoms. The molecule has 1 aromatic rings. The minimum Gasteiger partial charge on any atom is -0.460 e. The van der Waals surface area contributed by atoms with E-state index in [1.54, 1.807) is 0 Å². The van der Waals surface area contributed by atoms with Crippen molar-refractivity contribution in [1.29, 1.82) is 0 Å². The summed E-state index contributed by atoms with van der Waals surface area (Å²) in [6.45, 7) is 10.4. The lowest BCUT2D eigenvalue weighted by atomic mass is 9.84. The van der Waals surface area contributed by atoms with Crippen molar-refractivity contribution in [3.8, 4) is 0 Å². The Bertz CT molecular complexity index is 641. The van der Waals surface area contributed by atoms with E-state index in [-0.39, 0.29) is 11.9 Å². The Morgan fingerprint density at radius 1 is 1.09 bits per heavy atom. The second-order valence-electron chi connectivity index (χ2n) is 10.3. The molecule has 0 bridgehead atoms. The molecule has 0 aromatic carbocycles. The van der Waals surface area contributed by atoms with E-state index < -0.39 is 5.60 Å². The van der Waals surface area contributed by atoms with Gasteiger partial charge >= 0.3 is 5.97 Å². The van der Waals surface area contributed by atoms with Gasteiger partial charge in [0.05, 0.1) is 13.0 Å². The van der Waals surface area contributed by atoms with Crippen LogP contribution in [0, 0.1) is 5.92 Å². The van der Waals surface area contributed by atoms with Gasteiger partial charge < -0.3 is 14.6 Å². The van der Waals surface area contributed by atoms with Crippen molar-refractivity contribution in [1.82, 2.24) is 15.5 Å². The number of aromatic nitrogens is 2. The van der Waals surface area contributed by atoms with Crippen LogP contribution in [0.3, 0.4) is 0 Å². The van der Waals surface area contributed by atoms with Crippen molar-refractivity contribution < 1.29 is 14.1 Å². The molecule has 0 aliphatic heterocycles. The largest absolute Gasteiger partial charge is 0.460 e. The third-order valence-electron chi connectivity index (χ3n) is 6.46. The maximum absolute atomic E-state index is 12.5. The zero-order valence-electron chi connectivity index (χ0n) is 21.3. The van der Waals surface area contributed by atoms with Crippen LogP contribution < -0.4 is 5.32 Å². The molecule has 0 saturated heterocycles. The van der Waals surface area contributed by atoms with E-state index >= 15 is 0 Å². The molecular formula is C26H47N3O3. The summed E-state index contributed by atoms with van der Waals surface area (Å²) in [6, 6.07) is 0.569. The standard InChI is InChI=1S/C24H41N3O3.C2H6/c1-24(2,3)29-22(28)16-19(13-9-12-18-10-5-4-6-11-18)23-26-21(27-30-23)17-25-20-14-7-8-15-20;1-2/h18-20,25H,4-17H2,1-3H3;1-2H3/t19-;/m1./s1. The molecule has 1 N–H and O–H groups in total. The van der Waals surface area contributed by atoms with Gasteiger partial charge in [-0.1, -0.05) is 76.8 Å². The fourth-order valence-corrected chi connectivity index (χ4v) is 4.90. The average Bonchev–Trinajstić information content (AvgIpc) is 3.44. The summed E-state index contributed by atoms with van der Waals surface area (Å²) in [5.41, 5.74) is -0.477. The summed E-state index contributed by atoms with van der Waals surface area (Å²) < 4.78 is 11.2. The van der Waals surface area contributed by atoms with E-state index in [1.807, 2.05) is 34.6 Å². The summed E-state index contributed by atoms with van der Waals surface area (Å²) in [5.74, 6) is 1.88. The first-order valence-electron chi connectivity index (χ1n) is 13.2. The van der Waals surface area contributed by atoms with Crippen LogP contribution in [0.1, 0.15) is 136 Å². The monoisotopic (exact) mass is 449 g/mol. The third-order valence-corrected chi connectivity index (χ3v) is 6.46. The van der Waals surface area contributed by atoms with Crippen molar-refractivity contribution in [2.24, 2.45) is 5.92 Å². The first-order chi connectivity index (χ1) is 15.4. The van der Waals surface area contributed by atoms with Crippen LogP contribution in [0.4, 0.5) is 0 Å². The fraction of sp³-hybridized carbons (Fsp3) is 0.885. The number of hydrogen-bond acceptors (Lipinski definition) is 6. The predicted octanol–water partition coefficient (Wildman–Crippen LogP) is 6.69. The van der Waals surface area contributed by atoms with Gasteiger partial charge in [0.25, 0.3) is 0 Å². The lowest BCUT2D eigenvalue weighted by Crippen LogP contribution is -2.26. The van der Waals surface area contributed by atoms with Gasteiger partial charge in [-0.2, -0.15) is 4.98 Å². The molecule has 1 aromatic heterocycles. The van der Waals surface area contributed by atoms with E-state index in [2.05, 4.69) is 15.5 Å². The zero-order chi connectivity index (χ0) is 23.4. The summed E-state index contributed by atoms with van der Waals surface area (Å²) >= 11 is 0. The highest BCUT2D eigenvalue weighted by atomic mass is 16.6. The topological polar surface area (TPSA) is 77.2 Å². The number of carbonyl (C=O) groups is 1. The van der Waals surface area contributed by atoms with Crippen LogP contribution in [-0.4, -0.2) is 27.8 Å². The summed E-state index contributed by atoms with van der Waals surface area (Å²) in [5, 5.41) is 7.71. The quantitative estimate of drug-likeness (QED) is 0.401. The van der Waals surface area contributed by atoms with Crippen LogP contribution in [0.15, 0.2) is 4.52 Å². The SMILES string of the molecule is CC.CC(C)(C)OC(=O)C[C@@H](CCCC1CCCCC1)c1nc(CNC2CCCC2)no1. The maximum Gasteiger partial charge on any atom is 0.307 e. The zero-order valence-corrected chi connectivity index (χ0v) is 21.3. The van der Waals surface area contributed by atoms with Crippen LogP contribution in [0.5, 0.6) is 0 Å². The Morgan fingerprint density at radius 2 is 1.75 bits per heavy atom. The van der Waals surface area contributed by atoms with Crippen molar-refractivity contribution in [2.45, 2.75) is 142 Å². The Kier molecular flexibility index (Phi) is 11.7. The van der Waals surface area contributed by atoms with E-state index in [9.17, 15) is 4.79 Å². The number of nitrogens with one attached hydrogen (secondary N) is 1. The molecule has 0 spiro atoms. The molecule has 0 unspecified atom stereocenters. The molecule has 1 heterocycles. The highest BCUT2D eigenvalue weighted by molar-refractivity contribution is 5.70. The van der Waals surface area contributed by atoms with Gasteiger partial charge in [0.15, 0.2) is 5.82 Å². The number of hydrogen-bond donors (Lipinski definition) is 1. The lowest BCUT2D eigenvalue weighted by Gasteiger charge is -2.23. The van der Waals surface area contributed by atoms with Crippen molar-refractivity contribution in [2.75, 3.05) is 0 Å². The molecule has 184 valence electrons. The Labute approximate surface area is 195 Å². The van der Waals surface area contributed by atoms with Crippen molar-refractivity contribution in [3.63, 3.8) is 0 Å². The highest BCUT2D eigenvalue weighted by Crippen LogP contribution is 2.31. The number of rotatable bonds is 10. The smallest absolute Gasteiger partial charge is 0.307 e. The average molecular weight is 450 g/mol. The third kappa shape index (κ3) is 10.0. The van der Waals surface area contributed by atoms with Gasteiger partial charge in [-0.25, -0.2) is 0 Å². The molecule has 3 rings (SSSR count). The van der Waals surface area contributed by atoms with Crippen molar-refractivity contribution in [3.05, 3.63) is 11.7 Å². The number of esters is 1. The minimum absolute atomic E-state index is 0.0591. The van der Waals surface area contributed by atoms with Crippen LogP contribution in [-0.2, 0) is 16.1 Å². The summed E-state index contributed by atoms with van der Waals surface area (Å²) in [6.07, 6.45) is 15.4. The lowest BCUT2D eigenvalue weighted by molar-refractivity contribution is -0.155. The number of carbonyl (C=O) groups excluding carboxylic acids is 1. The molecule has 1 atom stereocenters. The Balaban J connectivity index is 0.00000176. The second-order valence-corrected chi connectivity index (χ2v) is 10.3. The van der Waals surface area contributed by atoms with Gasteiger partial charge in [0.2, 0.25) is 5.89 Å². The van der Waals surface area contributed by atoms with Crippen LogP contribution in [0.25, 0.3) is 0 Å². The molecule has 6 nitrogen and oxygen atoms in total. The molecule has 0 amide bonds. The summed E-state index contributed by atoms with van der Waals surface area (Å²) in [7, 11) is 0. The minimum atomic E-state index is -0.477. The molecule has 2 aliphatic carbocycles. The van der Waals surface area contributed by atoms with Gasteiger partial charge in [-0.3, -0.25) is 4.79 Å². The molecule has 2 aliphatic rings. The first-order valence-corrected chi connectivity index (χ1v) is 13.2. The molecule has 2 fully saturated rings. The van der Waals surface area contributed by atoms with Gasteiger partial charge in [-0.05, 0) is 46.0 Å². The Morgan fingerprint density at radius 3 is 2.41 bits per heavy atom.